The van der Waals surface area contributed by atoms with Crippen molar-refractivity contribution in [1.82, 2.24) is 9.78 Å². The van der Waals surface area contributed by atoms with E-state index in [1.54, 1.807) is 14.2 Å². The molecular formula is C15H21N3O2. The Kier molecular flexibility index (Phi) is 4.63. The number of hydrogen-bond donors (Lipinski definition) is 1. The summed E-state index contributed by atoms with van der Waals surface area (Å²) in [7, 11) is 3.31. The van der Waals surface area contributed by atoms with E-state index < -0.39 is 0 Å². The lowest BCUT2D eigenvalue weighted by Gasteiger charge is -2.09. The second kappa shape index (κ2) is 6.43. The fourth-order valence-electron chi connectivity index (χ4n) is 2.28. The van der Waals surface area contributed by atoms with Crippen LogP contribution < -0.4 is 15.2 Å². The first-order chi connectivity index (χ1) is 9.74. The number of aromatic nitrogens is 2. The van der Waals surface area contributed by atoms with Crippen molar-refractivity contribution in [3.05, 3.63) is 35.5 Å². The van der Waals surface area contributed by atoms with E-state index >= 15 is 0 Å². The van der Waals surface area contributed by atoms with E-state index in [0.717, 1.165) is 41.4 Å². The molecule has 2 N–H and O–H groups in total. The first-order valence-corrected chi connectivity index (χ1v) is 6.74. The smallest absolute Gasteiger partial charge is 0.219 e. The first kappa shape index (κ1) is 14.4. The summed E-state index contributed by atoms with van der Waals surface area (Å²) in [5.74, 6) is 1.54. The number of hydrogen-bond acceptors (Lipinski definition) is 4. The molecule has 0 unspecified atom stereocenters. The summed E-state index contributed by atoms with van der Waals surface area (Å²) >= 11 is 0. The van der Waals surface area contributed by atoms with E-state index in [9.17, 15) is 0 Å². The van der Waals surface area contributed by atoms with Crippen molar-refractivity contribution in [2.75, 3.05) is 20.8 Å². The van der Waals surface area contributed by atoms with Gasteiger partial charge in [0.2, 0.25) is 5.88 Å². The Morgan fingerprint density at radius 2 is 2.05 bits per heavy atom. The molecule has 0 bridgehead atoms. The maximum Gasteiger partial charge on any atom is 0.219 e. The van der Waals surface area contributed by atoms with Crippen LogP contribution in [-0.4, -0.2) is 30.5 Å². The molecule has 1 heterocycles. The molecule has 0 saturated heterocycles. The Labute approximate surface area is 119 Å². The van der Waals surface area contributed by atoms with E-state index in [0.29, 0.717) is 6.54 Å². The molecule has 2 rings (SSSR count). The Morgan fingerprint density at radius 3 is 2.65 bits per heavy atom. The second-order valence-electron chi connectivity index (χ2n) is 4.44. The molecular weight excluding hydrogens is 254 g/mol. The van der Waals surface area contributed by atoms with Crippen molar-refractivity contribution in [3.63, 3.8) is 0 Å². The number of methoxy groups -OCH3 is 2. The molecule has 0 aliphatic carbocycles. The number of ether oxygens (including phenoxy) is 2. The third-order valence-electron chi connectivity index (χ3n) is 3.24. The monoisotopic (exact) mass is 275 g/mol. The van der Waals surface area contributed by atoms with Gasteiger partial charge in [0.15, 0.2) is 0 Å². The lowest BCUT2D eigenvalue weighted by atomic mass is 10.1. The van der Waals surface area contributed by atoms with E-state index in [-0.39, 0.29) is 0 Å². The molecule has 0 fully saturated rings. The van der Waals surface area contributed by atoms with Crippen LogP contribution >= 0.6 is 0 Å². The lowest BCUT2D eigenvalue weighted by molar-refractivity contribution is 0.378. The molecule has 2 aromatic rings. The number of nitrogens with zero attached hydrogens (tertiary/aromatic N) is 2. The fraction of sp³-hybridized carbons (Fsp3) is 0.400. The molecule has 0 spiro atoms. The van der Waals surface area contributed by atoms with Crippen molar-refractivity contribution >= 4 is 0 Å². The van der Waals surface area contributed by atoms with Crippen molar-refractivity contribution < 1.29 is 9.47 Å². The summed E-state index contributed by atoms with van der Waals surface area (Å²) in [5.41, 5.74) is 8.71. The minimum Gasteiger partial charge on any atom is -0.497 e. The zero-order valence-electron chi connectivity index (χ0n) is 12.2. The minimum absolute atomic E-state index is 0.577. The zero-order valence-corrected chi connectivity index (χ0v) is 12.2. The average Bonchev–Trinajstić information content (AvgIpc) is 2.85. The van der Waals surface area contributed by atoms with Crippen molar-refractivity contribution in [3.8, 4) is 17.3 Å². The zero-order chi connectivity index (χ0) is 14.5. The van der Waals surface area contributed by atoms with Gasteiger partial charge in [-0.25, -0.2) is 4.68 Å². The van der Waals surface area contributed by atoms with Crippen molar-refractivity contribution in [2.24, 2.45) is 5.73 Å². The van der Waals surface area contributed by atoms with Gasteiger partial charge in [-0.1, -0.05) is 13.0 Å². The highest BCUT2D eigenvalue weighted by Crippen LogP contribution is 2.28. The van der Waals surface area contributed by atoms with Gasteiger partial charge in [0.25, 0.3) is 0 Å². The minimum atomic E-state index is 0.577. The van der Waals surface area contributed by atoms with Crippen LogP contribution in [0.15, 0.2) is 24.3 Å². The topological polar surface area (TPSA) is 62.3 Å². The molecule has 0 aliphatic rings. The molecule has 20 heavy (non-hydrogen) atoms. The molecule has 0 saturated carbocycles. The highest BCUT2D eigenvalue weighted by atomic mass is 16.5. The molecule has 0 aliphatic heterocycles. The van der Waals surface area contributed by atoms with Crippen LogP contribution in [0.2, 0.25) is 0 Å². The van der Waals surface area contributed by atoms with Gasteiger partial charge < -0.3 is 15.2 Å². The third-order valence-corrected chi connectivity index (χ3v) is 3.24. The van der Waals surface area contributed by atoms with E-state index in [4.69, 9.17) is 15.2 Å². The number of benzene rings is 1. The maximum atomic E-state index is 5.69. The standard InChI is InChI=1S/C15H21N3O2/c1-4-14-13(8-9-16)15(20-3)18(17-14)11-6-5-7-12(10-11)19-2/h5-7,10H,4,8-9,16H2,1-3H3. The van der Waals surface area contributed by atoms with Crippen LogP contribution in [0.4, 0.5) is 0 Å². The molecule has 0 amide bonds. The summed E-state index contributed by atoms with van der Waals surface area (Å²) in [6, 6.07) is 7.75. The lowest BCUT2D eigenvalue weighted by Crippen LogP contribution is -2.06. The van der Waals surface area contributed by atoms with Crippen LogP contribution in [0.25, 0.3) is 5.69 Å². The molecule has 108 valence electrons. The molecule has 1 aromatic carbocycles. The van der Waals surface area contributed by atoms with E-state index in [1.807, 2.05) is 28.9 Å². The molecule has 0 atom stereocenters. The summed E-state index contributed by atoms with van der Waals surface area (Å²) < 4.78 is 12.6. The summed E-state index contributed by atoms with van der Waals surface area (Å²) in [5, 5.41) is 4.64. The van der Waals surface area contributed by atoms with Gasteiger partial charge in [-0.3, -0.25) is 0 Å². The van der Waals surface area contributed by atoms with E-state index in [2.05, 4.69) is 12.0 Å². The van der Waals surface area contributed by atoms with Gasteiger partial charge in [-0.2, -0.15) is 5.10 Å². The first-order valence-electron chi connectivity index (χ1n) is 6.74. The summed E-state index contributed by atoms with van der Waals surface area (Å²) in [4.78, 5) is 0. The van der Waals surface area contributed by atoms with Crippen LogP contribution in [0, 0.1) is 0 Å². The van der Waals surface area contributed by atoms with Crippen LogP contribution in [0.5, 0.6) is 11.6 Å². The van der Waals surface area contributed by atoms with Crippen molar-refractivity contribution in [2.45, 2.75) is 19.8 Å². The number of nitrogens with two attached hydrogens (primary N) is 1. The third kappa shape index (κ3) is 2.63. The largest absolute Gasteiger partial charge is 0.497 e. The van der Waals surface area contributed by atoms with Gasteiger partial charge in [-0.15, -0.1) is 0 Å². The summed E-state index contributed by atoms with van der Waals surface area (Å²) in [6.07, 6.45) is 1.61. The molecule has 5 nitrogen and oxygen atoms in total. The normalized spacial score (nSPS) is 10.6. The van der Waals surface area contributed by atoms with Gasteiger partial charge in [-0.05, 0) is 31.5 Å². The van der Waals surface area contributed by atoms with Crippen LogP contribution in [-0.2, 0) is 12.8 Å². The van der Waals surface area contributed by atoms with Crippen LogP contribution in [0.1, 0.15) is 18.2 Å². The Bertz CT molecular complexity index is 578. The average molecular weight is 275 g/mol. The van der Waals surface area contributed by atoms with E-state index in [1.165, 1.54) is 0 Å². The maximum absolute atomic E-state index is 5.69. The van der Waals surface area contributed by atoms with Gasteiger partial charge in [0.1, 0.15) is 5.75 Å². The van der Waals surface area contributed by atoms with Gasteiger partial charge in [0, 0.05) is 11.6 Å². The van der Waals surface area contributed by atoms with Gasteiger partial charge >= 0.3 is 0 Å². The highest BCUT2D eigenvalue weighted by Gasteiger charge is 2.18. The predicted molar refractivity (Wildman–Crippen MR) is 78.8 cm³/mol. The Hall–Kier alpha value is -2.01. The highest BCUT2D eigenvalue weighted by molar-refractivity contribution is 5.45. The molecule has 1 aromatic heterocycles. The second-order valence-corrected chi connectivity index (χ2v) is 4.44. The van der Waals surface area contributed by atoms with Crippen molar-refractivity contribution in [1.29, 1.82) is 0 Å². The molecule has 5 heteroatoms. The SMILES string of the molecule is CCc1nn(-c2cccc(OC)c2)c(OC)c1CCN. The predicted octanol–water partition coefficient (Wildman–Crippen LogP) is 1.95. The van der Waals surface area contributed by atoms with Gasteiger partial charge in [0.05, 0.1) is 25.6 Å². The number of rotatable bonds is 6. The molecule has 0 radical (unpaired) electrons. The fourth-order valence-corrected chi connectivity index (χ4v) is 2.28. The van der Waals surface area contributed by atoms with Crippen LogP contribution in [0.3, 0.4) is 0 Å². The summed E-state index contributed by atoms with van der Waals surface area (Å²) in [6.45, 7) is 2.66. The quantitative estimate of drug-likeness (QED) is 0.875. The Balaban J connectivity index is 2.54. The number of aryl methyl sites for hydroxylation is 1. The Morgan fingerprint density at radius 1 is 1.25 bits per heavy atom.